The van der Waals surface area contributed by atoms with Gasteiger partial charge >= 0.3 is 0 Å². The predicted molar refractivity (Wildman–Crippen MR) is 65.0 cm³/mol. The quantitative estimate of drug-likeness (QED) is 0.501. The maximum absolute atomic E-state index is 4.17. The van der Waals surface area contributed by atoms with E-state index in [2.05, 4.69) is 62.4 Å². The highest BCUT2D eigenvalue weighted by Gasteiger charge is 2.24. The molecule has 0 radical (unpaired) electrons. The van der Waals surface area contributed by atoms with Crippen LogP contribution in [0.15, 0.2) is 12.2 Å². The first-order valence-electron chi connectivity index (χ1n) is 4.84. The Kier molecular flexibility index (Phi) is 4.62. The molecule has 0 aliphatic heterocycles. The van der Waals surface area contributed by atoms with Crippen LogP contribution in [-0.4, -0.2) is 23.8 Å². The van der Waals surface area contributed by atoms with Crippen LogP contribution in [0.5, 0.6) is 0 Å². The van der Waals surface area contributed by atoms with Crippen LogP contribution < -0.4 is 0 Å². The van der Waals surface area contributed by atoms with Gasteiger partial charge in [-0.25, -0.2) is 0 Å². The molecule has 0 aliphatic rings. The van der Waals surface area contributed by atoms with Gasteiger partial charge in [-0.05, 0) is 26.3 Å². The van der Waals surface area contributed by atoms with Crippen LogP contribution in [0.25, 0.3) is 0 Å². The molecule has 0 aromatic heterocycles. The molecule has 0 spiro atoms. The third-order valence-corrected chi connectivity index (χ3v) is 3.45. The van der Waals surface area contributed by atoms with Crippen molar-refractivity contribution < 1.29 is 0 Å². The van der Waals surface area contributed by atoms with Gasteiger partial charge in [0, 0.05) is 11.8 Å². The van der Waals surface area contributed by atoms with E-state index in [1.54, 1.807) is 0 Å². The van der Waals surface area contributed by atoms with Crippen molar-refractivity contribution in [2.75, 3.05) is 7.05 Å². The van der Waals surface area contributed by atoms with Crippen molar-refractivity contribution in [1.29, 1.82) is 0 Å². The van der Waals surface area contributed by atoms with E-state index in [4.69, 9.17) is 0 Å². The summed E-state index contributed by atoms with van der Waals surface area (Å²) in [5.74, 6) is 0.375. The maximum atomic E-state index is 4.17. The predicted octanol–water partition coefficient (Wildman–Crippen LogP) is 3.13. The largest absolute Gasteiger partial charge is 0.294 e. The van der Waals surface area contributed by atoms with E-state index >= 15 is 0 Å². The lowest BCUT2D eigenvalue weighted by Crippen LogP contribution is -2.37. The first-order chi connectivity index (χ1) is 5.68. The second-order valence-corrected chi connectivity index (χ2v) is 5.61. The van der Waals surface area contributed by atoms with Crippen LogP contribution in [0.2, 0.25) is 0 Å². The molecule has 0 saturated heterocycles. The second-order valence-electron chi connectivity index (χ2n) is 4.98. The molecular weight excluding hydrogens is 177 g/mol. The van der Waals surface area contributed by atoms with Gasteiger partial charge in [0.15, 0.2) is 0 Å². The highest BCUT2D eigenvalue weighted by molar-refractivity contribution is 7.17. The van der Waals surface area contributed by atoms with E-state index in [1.165, 1.54) is 5.57 Å². The molecule has 0 aromatic carbocycles. The van der Waals surface area contributed by atoms with Crippen molar-refractivity contribution in [3.8, 4) is 0 Å². The molecule has 0 amide bonds. The molecule has 2 heteroatoms. The van der Waals surface area contributed by atoms with Crippen molar-refractivity contribution in [3.63, 3.8) is 0 Å². The van der Waals surface area contributed by atoms with Crippen LogP contribution in [-0.2, 0) is 0 Å². The summed E-state index contributed by atoms with van der Waals surface area (Å²) in [5.41, 5.74) is 1.46. The summed E-state index contributed by atoms with van der Waals surface area (Å²) < 4.78 is 0. The molecule has 0 fully saturated rings. The summed E-state index contributed by atoms with van der Waals surface area (Å²) >= 11 is 0. The molecule has 2 atom stereocenters. The van der Waals surface area contributed by atoms with Gasteiger partial charge in [-0.1, -0.05) is 32.9 Å². The topological polar surface area (TPSA) is 3.24 Å². The number of rotatable bonds is 3. The van der Waals surface area contributed by atoms with Gasteiger partial charge in [-0.15, -0.1) is 9.24 Å². The van der Waals surface area contributed by atoms with E-state index in [0.717, 1.165) is 0 Å². The van der Waals surface area contributed by atoms with Crippen LogP contribution in [0, 0.1) is 5.41 Å². The van der Waals surface area contributed by atoms with Crippen LogP contribution in [0.1, 0.15) is 34.6 Å². The zero-order valence-electron chi connectivity index (χ0n) is 9.89. The fourth-order valence-electron chi connectivity index (χ4n) is 1.01. The lowest BCUT2D eigenvalue weighted by atomic mass is 9.87. The first kappa shape index (κ1) is 13.1. The number of likely N-dealkylation sites (N-methyl/N-ethyl adjacent to an activating group) is 1. The molecule has 13 heavy (non-hydrogen) atoms. The lowest BCUT2D eigenvalue weighted by molar-refractivity contribution is 0.256. The Morgan fingerprint density at radius 1 is 1.31 bits per heavy atom. The highest BCUT2D eigenvalue weighted by atomic mass is 31.0. The standard InChI is InChI=1S/C11H24NP/c1-8(2)12(7)10(13)9(3)11(4,5)6/h8,10H,3,13H2,1-2,4-7H3. The Morgan fingerprint density at radius 2 is 1.69 bits per heavy atom. The molecule has 0 saturated carbocycles. The van der Waals surface area contributed by atoms with Crippen molar-refractivity contribution in [2.24, 2.45) is 5.41 Å². The van der Waals surface area contributed by atoms with Crippen LogP contribution >= 0.6 is 9.24 Å². The van der Waals surface area contributed by atoms with Gasteiger partial charge in [0.2, 0.25) is 0 Å². The molecule has 0 rings (SSSR count). The van der Waals surface area contributed by atoms with Crippen molar-refractivity contribution in [2.45, 2.75) is 46.4 Å². The van der Waals surface area contributed by atoms with E-state index < -0.39 is 0 Å². The van der Waals surface area contributed by atoms with Gasteiger partial charge in [0.25, 0.3) is 0 Å². The lowest BCUT2D eigenvalue weighted by Gasteiger charge is -2.35. The van der Waals surface area contributed by atoms with E-state index in [-0.39, 0.29) is 5.41 Å². The zero-order chi connectivity index (χ0) is 10.8. The molecule has 78 valence electrons. The monoisotopic (exact) mass is 201 g/mol. The third kappa shape index (κ3) is 3.79. The Balaban J connectivity index is 4.44. The highest BCUT2D eigenvalue weighted by Crippen LogP contribution is 2.31. The maximum Gasteiger partial charge on any atom is 0.0451 e. The Morgan fingerprint density at radius 3 is 1.92 bits per heavy atom. The zero-order valence-corrected chi connectivity index (χ0v) is 11.0. The Labute approximate surface area is 85.8 Å². The average Bonchev–Trinajstić information content (AvgIpc) is 1.98. The summed E-state index contributed by atoms with van der Waals surface area (Å²) in [4.78, 5) is 2.32. The van der Waals surface area contributed by atoms with Gasteiger partial charge in [-0.3, -0.25) is 4.90 Å². The fraction of sp³-hybridized carbons (Fsp3) is 0.818. The second kappa shape index (κ2) is 4.57. The molecular formula is C11H24NP. The number of hydrogen-bond acceptors (Lipinski definition) is 1. The summed E-state index contributed by atoms with van der Waals surface area (Å²) in [6.45, 7) is 15.2. The third-order valence-electron chi connectivity index (χ3n) is 2.57. The number of hydrogen-bond donors (Lipinski definition) is 0. The van der Waals surface area contributed by atoms with E-state index in [9.17, 15) is 0 Å². The van der Waals surface area contributed by atoms with Crippen molar-refractivity contribution in [3.05, 3.63) is 12.2 Å². The van der Waals surface area contributed by atoms with E-state index in [1.807, 2.05) is 0 Å². The normalized spacial score (nSPS) is 15.2. The van der Waals surface area contributed by atoms with Crippen LogP contribution in [0.3, 0.4) is 0 Å². The van der Waals surface area contributed by atoms with Crippen LogP contribution in [0.4, 0.5) is 0 Å². The van der Waals surface area contributed by atoms with Gasteiger partial charge in [0.1, 0.15) is 0 Å². The molecule has 0 aromatic rings. The van der Waals surface area contributed by atoms with Gasteiger partial charge in [0.05, 0.1) is 0 Å². The molecule has 0 heterocycles. The smallest absolute Gasteiger partial charge is 0.0451 e. The minimum atomic E-state index is 0.190. The Hall–Kier alpha value is 0.130. The van der Waals surface area contributed by atoms with Crippen molar-refractivity contribution >= 4 is 9.24 Å². The Bertz CT molecular complexity index is 179. The molecule has 2 unspecified atom stereocenters. The average molecular weight is 201 g/mol. The van der Waals surface area contributed by atoms with Gasteiger partial charge < -0.3 is 0 Å². The molecule has 0 bridgehead atoms. The van der Waals surface area contributed by atoms with Gasteiger partial charge in [-0.2, -0.15) is 0 Å². The SMILES string of the molecule is C=C(C(P)N(C)C(C)C)C(C)(C)C. The fourth-order valence-corrected chi connectivity index (χ4v) is 1.85. The summed E-state index contributed by atoms with van der Waals surface area (Å²) in [7, 11) is 5.01. The minimum Gasteiger partial charge on any atom is -0.294 e. The summed E-state index contributed by atoms with van der Waals surface area (Å²) in [6.07, 6.45) is 0. The molecule has 0 N–H and O–H groups in total. The van der Waals surface area contributed by atoms with E-state index in [0.29, 0.717) is 11.8 Å². The summed E-state index contributed by atoms with van der Waals surface area (Å²) in [5, 5.41) is 0. The summed E-state index contributed by atoms with van der Waals surface area (Å²) in [6, 6.07) is 0.557. The molecule has 1 nitrogen and oxygen atoms in total. The van der Waals surface area contributed by atoms with Crippen molar-refractivity contribution in [1.82, 2.24) is 4.90 Å². The minimum absolute atomic E-state index is 0.190. The first-order valence-corrected chi connectivity index (χ1v) is 5.51. The number of nitrogens with zero attached hydrogens (tertiary/aromatic N) is 1. The molecule has 0 aliphatic carbocycles.